The van der Waals surface area contributed by atoms with E-state index in [1.165, 1.54) is 12.7 Å². The molecule has 5 heteroatoms. The van der Waals surface area contributed by atoms with Crippen LogP contribution in [0.4, 0.5) is 5.82 Å². The Morgan fingerprint density at radius 1 is 1.47 bits per heavy atom. The Bertz CT molecular complexity index is 702. The van der Waals surface area contributed by atoms with Gasteiger partial charge >= 0.3 is 0 Å². The molecular formula is C14H17N5. The molecule has 0 aliphatic heterocycles. The Kier molecular flexibility index (Phi) is 2.49. The first-order valence-corrected chi connectivity index (χ1v) is 6.41. The van der Waals surface area contributed by atoms with Crippen LogP contribution in [0.5, 0.6) is 0 Å². The number of aryl methyl sites for hydroxylation is 1. The third kappa shape index (κ3) is 2.03. The zero-order valence-corrected chi connectivity index (χ0v) is 11.4. The standard InChI is InChI=1S/C14H17N5/c1-14(2)7-9(14)5-4-6-10-11-12(15)16-8-17-13(11)19(3)18-10/h8-9H,5,7H2,1-3H3,(H2,15,16,17). The van der Waals surface area contributed by atoms with E-state index in [4.69, 9.17) is 5.73 Å². The maximum absolute atomic E-state index is 5.89. The lowest BCUT2D eigenvalue weighted by molar-refractivity contribution is 0.567. The molecule has 2 N–H and O–H groups in total. The summed E-state index contributed by atoms with van der Waals surface area (Å²) in [6, 6.07) is 0. The number of fused-ring (bicyclic) bond motifs is 1. The fourth-order valence-electron chi connectivity index (χ4n) is 2.38. The second kappa shape index (κ2) is 3.95. The molecule has 1 unspecified atom stereocenters. The number of rotatable bonds is 1. The first kappa shape index (κ1) is 12.0. The van der Waals surface area contributed by atoms with Crippen LogP contribution in [0.3, 0.4) is 0 Å². The molecule has 0 aromatic carbocycles. The summed E-state index contributed by atoms with van der Waals surface area (Å²) in [6.45, 7) is 4.56. The fourth-order valence-corrected chi connectivity index (χ4v) is 2.38. The Morgan fingerprint density at radius 3 is 2.89 bits per heavy atom. The normalized spacial score (nSPS) is 20.1. The number of hydrogen-bond acceptors (Lipinski definition) is 4. The van der Waals surface area contributed by atoms with Crippen molar-refractivity contribution in [1.29, 1.82) is 0 Å². The number of nitrogens with zero attached hydrogens (tertiary/aromatic N) is 4. The van der Waals surface area contributed by atoms with E-state index in [1.807, 2.05) is 7.05 Å². The van der Waals surface area contributed by atoms with Crippen LogP contribution in [0.1, 0.15) is 32.4 Å². The van der Waals surface area contributed by atoms with Crippen molar-refractivity contribution < 1.29 is 0 Å². The van der Waals surface area contributed by atoms with Gasteiger partial charge in [0.25, 0.3) is 0 Å². The van der Waals surface area contributed by atoms with Crippen molar-refractivity contribution in [2.24, 2.45) is 18.4 Å². The summed E-state index contributed by atoms with van der Waals surface area (Å²) in [4.78, 5) is 8.19. The van der Waals surface area contributed by atoms with E-state index in [9.17, 15) is 0 Å². The van der Waals surface area contributed by atoms with Crippen LogP contribution >= 0.6 is 0 Å². The molecule has 2 heterocycles. The van der Waals surface area contributed by atoms with E-state index in [1.54, 1.807) is 4.68 Å². The molecule has 5 nitrogen and oxygen atoms in total. The highest BCUT2D eigenvalue weighted by Gasteiger charge is 2.44. The van der Waals surface area contributed by atoms with E-state index in [0.29, 0.717) is 22.8 Å². The van der Waals surface area contributed by atoms with Crippen LogP contribution in [-0.2, 0) is 7.05 Å². The highest BCUT2D eigenvalue weighted by Crippen LogP contribution is 2.53. The van der Waals surface area contributed by atoms with Gasteiger partial charge in [0.2, 0.25) is 0 Å². The average Bonchev–Trinajstić information content (AvgIpc) is 2.80. The largest absolute Gasteiger partial charge is 0.383 e. The minimum Gasteiger partial charge on any atom is -0.383 e. The van der Waals surface area contributed by atoms with Gasteiger partial charge in [0.05, 0.1) is 5.39 Å². The van der Waals surface area contributed by atoms with Gasteiger partial charge in [-0.3, -0.25) is 0 Å². The van der Waals surface area contributed by atoms with E-state index < -0.39 is 0 Å². The van der Waals surface area contributed by atoms with Crippen molar-refractivity contribution in [2.45, 2.75) is 26.7 Å². The second-order valence-corrected chi connectivity index (χ2v) is 5.83. The van der Waals surface area contributed by atoms with Crippen molar-refractivity contribution in [3.05, 3.63) is 12.0 Å². The minimum absolute atomic E-state index is 0.439. The van der Waals surface area contributed by atoms with Crippen molar-refractivity contribution >= 4 is 16.9 Å². The van der Waals surface area contributed by atoms with Gasteiger partial charge < -0.3 is 5.73 Å². The summed E-state index contributed by atoms with van der Waals surface area (Å²) in [5, 5.41) is 5.12. The zero-order valence-electron chi connectivity index (χ0n) is 11.4. The molecule has 0 spiro atoms. The van der Waals surface area contributed by atoms with Gasteiger partial charge in [-0.15, -0.1) is 0 Å². The molecule has 19 heavy (non-hydrogen) atoms. The second-order valence-electron chi connectivity index (χ2n) is 5.83. The van der Waals surface area contributed by atoms with Crippen LogP contribution in [0.25, 0.3) is 11.0 Å². The molecule has 2 aromatic rings. The van der Waals surface area contributed by atoms with E-state index in [0.717, 1.165) is 17.5 Å². The van der Waals surface area contributed by atoms with Crippen LogP contribution in [0.15, 0.2) is 6.33 Å². The monoisotopic (exact) mass is 255 g/mol. The maximum Gasteiger partial charge on any atom is 0.164 e. The molecule has 0 bridgehead atoms. The SMILES string of the molecule is Cn1nc(C#CCC2CC2(C)C)c2c(N)ncnc21. The summed E-state index contributed by atoms with van der Waals surface area (Å²) < 4.78 is 1.69. The molecule has 1 atom stereocenters. The summed E-state index contributed by atoms with van der Waals surface area (Å²) in [5.74, 6) is 7.48. The van der Waals surface area contributed by atoms with Gasteiger partial charge in [-0.25, -0.2) is 14.6 Å². The first-order chi connectivity index (χ1) is 8.99. The average molecular weight is 255 g/mol. The summed E-state index contributed by atoms with van der Waals surface area (Å²) >= 11 is 0. The highest BCUT2D eigenvalue weighted by molar-refractivity contribution is 5.90. The molecule has 98 valence electrons. The van der Waals surface area contributed by atoms with Gasteiger partial charge in [-0.2, -0.15) is 5.10 Å². The van der Waals surface area contributed by atoms with Gasteiger partial charge in [-0.1, -0.05) is 19.8 Å². The van der Waals surface area contributed by atoms with Gasteiger partial charge in [0.15, 0.2) is 5.65 Å². The van der Waals surface area contributed by atoms with Crippen LogP contribution in [0.2, 0.25) is 0 Å². The van der Waals surface area contributed by atoms with Gasteiger partial charge in [-0.05, 0) is 23.7 Å². The lowest BCUT2D eigenvalue weighted by Gasteiger charge is -1.96. The molecule has 1 fully saturated rings. The minimum atomic E-state index is 0.439. The molecule has 3 rings (SSSR count). The number of aromatic nitrogens is 4. The predicted octanol–water partition coefficient (Wildman–Crippen LogP) is 1.73. The lowest BCUT2D eigenvalue weighted by Crippen LogP contribution is -1.95. The summed E-state index contributed by atoms with van der Waals surface area (Å²) in [6.07, 6.45) is 3.62. The van der Waals surface area contributed by atoms with E-state index in [-0.39, 0.29) is 0 Å². The maximum atomic E-state index is 5.89. The summed E-state index contributed by atoms with van der Waals surface area (Å²) in [5.41, 5.74) is 7.75. The number of nitrogen functional groups attached to an aromatic ring is 1. The molecular weight excluding hydrogens is 238 g/mol. The third-order valence-electron chi connectivity index (χ3n) is 3.92. The number of hydrogen-bond donors (Lipinski definition) is 1. The number of nitrogens with two attached hydrogens (primary N) is 1. The van der Waals surface area contributed by atoms with E-state index >= 15 is 0 Å². The molecule has 1 saturated carbocycles. The van der Waals surface area contributed by atoms with Crippen molar-refractivity contribution in [3.8, 4) is 11.8 Å². The lowest BCUT2D eigenvalue weighted by atomic mass is 10.1. The van der Waals surface area contributed by atoms with Gasteiger partial charge in [0.1, 0.15) is 17.8 Å². The van der Waals surface area contributed by atoms with Gasteiger partial charge in [0, 0.05) is 13.5 Å². The highest BCUT2D eigenvalue weighted by atomic mass is 15.3. The quantitative estimate of drug-likeness (QED) is 0.788. The topological polar surface area (TPSA) is 69.6 Å². The van der Waals surface area contributed by atoms with E-state index in [2.05, 4.69) is 40.8 Å². The molecule has 0 saturated heterocycles. The molecule has 2 aromatic heterocycles. The van der Waals surface area contributed by atoms with Crippen LogP contribution in [-0.4, -0.2) is 19.7 Å². The summed E-state index contributed by atoms with van der Waals surface area (Å²) in [7, 11) is 1.84. The van der Waals surface area contributed by atoms with Crippen molar-refractivity contribution in [2.75, 3.05) is 5.73 Å². The van der Waals surface area contributed by atoms with Crippen LogP contribution in [0, 0.1) is 23.2 Å². The predicted molar refractivity (Wildman–Crippen MR) is 74.1 cm³/mol. The third-order valence-corrected chi connectivity index (χ3v) is 3.92. The van der Waals surface area contributed by atoms with Crippen LogP contribution < -0.4 is 5.73 Å². The molecule has 0 amide bonds. The Labute approximate surface area is 112 Å². The first-order valence-electron chi connectivity index (χ1n) is 6.41. The smallest absolute Gasteiger partial charge is 0.164 e. The Hall–Kier alpha value is -2.09. The fraction of sp³-hybridized carbons (Fsp3) is 0.500. The molecule has 1 aliphatic rings. The molecule has 1 aliphatic carbocycles. The molecule has 0 radical (unpaired) electrons. The van der Waals surface area contributed by atoms with Crippen molar-refractivity contribution in [1.82, 2.24) is 19.7 Å². The Morgan fingerprint density at radius 2 is 2.21 bits per heavy atom. The van der Waals surface area contributed by atoms with Crippen molar-refractivity contribution in [3.63, 3.8) is 0 Å². The number of anilines is 1. The Balaban J connectivity index is 1.92. The zero-order chi connectivity index (χ0) is 13.6.